The van der Waals surface area contributed by atoms with Gasteiger partial charge >= 0.3 is 0 Å². The lowest BCUT2D eigenvalue weighted by Crippen LogP contribution is -2.58. The second-order valence-corrected chi connectivity index (χ2v) is 6.11. The Hall–Kier alpha value is -0.610. The predicted octanol–water partition coefficient (Wildman–Crippen LogP) is 0.781. The molecule has 0 atom stereocenters. The first-order valence-electron chi connectivity index (χ1n) is 5.88. The molecule has 0 saturated heterocycles. The molecular formula is C12H24N2O2. The minimum Gasteiger partial charge on any atom is -0.388 e. The number of nitrogens with one attached hydrogen (secondary N) is 1. The van der Waals surface area contributed by atoms with Gasteiger partial charge in [0.05, 0.1) is 11.0 Å². The van der Waals surface area contributed by atoms with E-state index in [4.69, 9.17) is 5.73 Å². The van der Waals surface area contributed by atoms with Crippen LogP contribution in [-0.2, 0) is 4.79 Å². The molecule has 16 heavy (non-hydrogen) atoms. The van der Waals surface area contributed by atoms with Crippen molar-refractivity contribution in [3.63, 3.8) is 0 Å². The van der Waals surface area contributed by atoms with E-state index in [0.717, 1.165) is 19.3 Å². The third-order valence-electron chi connectivity index (χ3n) is 4.04. The van der Waals surface area contributed by atoms with Crippen molar-refractivity contribution in [1.29, 1.82) is 0 Å². The van der Waals surface area contributed by atoms with Crippen molar-refractivity contribution in [2.75, 3.05) is 6.54 Å². The topological polar surface area (TPSA) is 75.4 Å². The number of hydrogen-bond acceptors (Lipinski definition) is 3. The molecule has 0 aliphatic heterocycles. The fourth-order valence-electron chi connectivity index (χ4n) is 1.52. The zero-order valence-corrected chi connectivity index (χ0v) is 10.8. The average molecular weight is 228 g/mol. The summed E-state index contributed by atoms with van der Waals surface area (Å²) in [5, 5.41) is 12.7. The molecule has 0 unspecified atom stereocenters. The number of aliphatic hydroxyl groups is 1. The Bertz CT molecular complexity index is 275. The van der Waals surface area contributed by atoms with Gasteiger partial charge in [-0.15, -0.1) is 0 Å². The third kappa shape index (κ3) is 2.55. The van der Waals surface area contributed by atoms with E-state index in [9.17, 15) is 9.90 Å². The average Bonchev–Trinajstić information content (AvgIpc) is 2.09. The van der Waals surface area contributed by atoms with E-state index >= 15 is 0 Å². The van der Waals surface area contributed by atoms with Crippen LogP contribution in [0.1, 0.15) is 47.0 Å². The summed E-state index contributed by atoms with van der Waals surface area (Å²) in [5.41, 5.74) is 4.07. The van der Waals surface area contributed by atoms with Gasteiger partial charge in [0.25, 0.3) is 0 Å². The van der Waals surface area contributed by atoms with Gasteiger partial charge in [0, 0.05) is 12.1 Å². The number of nitrogens with two attached hydrogens (primary N) is 1. The zero-order chi connectivity index (χ0) is 12.6. The van der Waals surface area contributed by atoms with Crippen molar-refractivity contribution in [3.8, 4) is 0 Å². The molecule has 0 spiro atoms. The van der Waals surface area contributed by atoms with Crippen molar-refractivity contribution >= 4 is 5.91 Å². The van der Waals surface area contributed by atoms with Gasteiger partial charge in [-0.3, -0.25) is 4.79 Å². The van der Waals surface area contributed by atoms with E-state index in [0.29, 0.717) is 6.54 Å². The van der Waals surface area contributed by atoms with Crippen LogP contribution in [0.15, 0.2) is 0 Å². The minimum absolute atomic E-state index is 0.0969. The van der Waals surface area contributed by atoms with Crippen molar-refractivity contribution in [3.05, 3.63) is 0 Å². The second kappa shape index (κ2) is 4.00. The molecular weight excluding hydrogens is 204 g/mol. The fourth-order valence-corrected chi connectivity index (χ4v) is 1.52. The molecule has 0 heterocycles. The maximum atomic E-state index is 12.0. The summed E-state index contributed by atoms with van der Waals surface area (Å²) < 4.78 is 0. The van der Waals surface area contributed by atoms with Crippen LogP contribution in [0, 0.1) is 5.41 Å². The highest BCUT2D eigenvalue weighted by molar-refractivity contribution is 5.83. The molecule has 0 aromatic heterocycles. The van der Waals surface area contributed by atoms with E-state index in [2.05, 4.69) is 5.32 Å². The van der Waals surface area contributed by atoms with Crippen molar-refractivity contribution in [2.24, 2.45) is 11.1 Å². The van der Waals surface area contributed by atoms with Crippen LogP contribution >= 0.6 is 0 Å². The highest BCUT2D eigenvalue weighted by atomic mass is 16.3. The molecule has 1 amide bonds. The minimum atomic E-state index is -0.676. The van der Waals surface area contributed by atoms with Crippen molar-refractivity contribution in [1.82, 2.24) is 5.32 Å². The van der Waals surface area contributed by atoms with E-state index in [1.165, 1.54) is 0 Å². The number of rotatable bonds is 4. The summed E-state index contributed by atoms with van der Waals surface area (Å²) in [6, 6.07) is 0. The first-order chi connectivity index (χ1) is 7.08. The van der Waals surface area contributed by atoms with Gasteiger partial charge in [-0.05, 0) is 47.0 Å². The quantitative estimate of drug-likeness (QED) is 0.665. The lowest BCUT2D eigenvalue weighted by molar-refractivity contribution is -0.134. The molecule has 1 rings (SSSR count). The van der Waals surface area contributed by atoms with Crippen molar-refractivity contribution < 1.29 is 9.90 Å². The van der Waals surface area contributed by atoms with Gasteiger partial charge in [-0.2, -0.15) is 0 Å². The summed E-state index contributed by atoms with van der Waals surface area (Å²) in [7, 11) is 0. The van der Waals surface area contributed by atoms with Gasteiger partial charge in [0.1, 0.15) is 0 Å². The van der Waals surface area contributed by atoms with E-state index in [-0.39, 0.29) is 5.91 Å². The lowest BCUT2D eigenvalue weighted by Gasteiger charge is -2.40. The Labute approximate surface area is 97.6 Å². The van der Waals surface area contributed by atoms with E-state index in [1.54, 1.807) is 0 Å². The maximum Gasteiger partial charge on any atom is 0.227 e. The standard InChI is InChI=1S/C12H24N2O2/c1-10(2,11(3,4)13)9(15)14-8-12(16)6-5-7-12/h16H,5-8,13H2,1-4H3,(H,14,15). The molecule has 94 valence electrons. The molecule has 1 saturated carbocycles. The summed E-state index contributed by atoms with van der Waals surface area (Å²) in [6.45, 7) is 7.67. The van der Waals surface area contributed by atoms with Crippen LogP contribution in [0.25, 0.3) is 0 Å². The SMILES string of the molecule is CC(C)(N)C(C)(C)C(=O)NCC1(O)CCC1. The van der Waals surface area contributed by atoms with Crippen LogP contribution in [0.5, 0.6) is 0 Å². The normalized spacial score (nSPS) is 20.1. The summed E-state index contributed by atoms with van der Waals surface area (Å²) in [5.74, 6) is -0.0969. The number of hydrogen-bond donors (Lipinski definition) is 3. The van der Waals surface area contributed by atoms with Gasteiger partial charge in [-0.1, -0.05) is 0 Å². The van der Waals surface area contributed by atoms with Crippen LogP contribution in [0.2, 0.25) is 0 Å². The highest BCUT2D eigenvalue weighted by Gasteiger charge is 2.42. The molecule has 0 radical (unpaired) electrons. The Balaban J connectivity index is 2.52. The Morgan fingerprint density at radius 2 is 1.88 bits per heavy atom. The van der Waals surface area contributed by atoms with Crippen LogP contribution in [0.3, 0.4) is 0 Å². The molecule has 1 fully saturated rings. The Morgan fingerprint density at radius 3 is 2.19 bits per heavy atom. The second-order valence-electron chi connectivity index (χ2n) is 6.11. The van der Waals surface area contributed by atoms with E-state index < -0.39 is 16.6 Å². The summed E-state index contributed by atoms with van der Waals surface area (Å²) in [4.78, 5) is 12.0. The maximum absolute atomic E-state index is 12.0. The monoisotopic (exact) mass is 228 g/mol. The Morgan fingerprint density at radius 1 is 1.38 bits per heavy atom. The summed E-state index contributed by atoms with van der Waals surface area (Å²) in [6.07, 6.45) is 2.59. The zero-order valence-electron chi connectivity index (χ0n) is 10.8. The Kier molecular flexibility index (Phi) is 3.37. The highest BCUT2D eigenvalue weighted by Crippen LogP contribution is 2.32. The molecule has 4 heteroatoms. The first kappa shape index (κ1) is 13.5. The molecule has 4 N–H and O–H groups in total. The molecule has 0 aromatic rings. The number of carbonyl (C=O) groups is 1. The van der Waals surface area contributed by atoms with Gasteiger partial charge in [0.2, 0.25) is 5.91 Å². The van der Waals surface area contributed by atoms with Crippen LogP contribution in [-0.4, -0.2) is 28.7 Å². The van der Waals surface area contributed by atoms with Gasteiger partial charge in [-0.25, -0.2) is 0 Å². The molecule has 4 nitrogen and oxygen atoms in total. The number of carbonyl (C=O) groups excluding carboxylic acids is 1. The van der Waals surface area contributed by atoms with Gasteiger partial charge in [0.15, 0.2) is 0 Å². The molecule has 1 aliphatic rings. The molecule has 0 aromatic carbocycles. The largest absolute Gasteiger partial charge is 0.388 e. The molecule has 1 aliphatic carbocycles. The van der Waals surface area contributed by atoms with E-state index in [1.807, 2.05) is 27.7 Å². The third-order valence-corrected chi connectivity index (χ3v) is 4.04. The lowest BCUT2D eigenvalue weighted by atomic mass is 9.74. The van der Waals surface area contributed by atoms with Crippen LogP contribution in [0.4, 0.5) is 0 Å². The number of amides is 1. The van der Waals surface area contributed by atoms with Gasteiger partial charge < -0.3 is 16.2 Å². The molecule has 0 bridgehead atoms. The first-order valence-corrected chi connectivity index (χ1v) is 5.88. The smallest absolute Gasteiger partial charge is 0.227 e. The summed E-state index contributed by atoms with van der Waals surface area (Å²) >= 11 is 0. The fraction of sp³-hybridized carbons (Fsp3) is 0.917. The van der Waals surface area contributed by atoms with Crippen molar-refractivity contribution in [2.45, 2.75) is 58.1 Å². The predicted molar refractivity (Wildman–Crippen MR) is 63.9 cm³/mol. The van der Waals surface area contributed by atoms with Crippen LogP contribution < -0.4 is 11.1 Å².